The summed E-state index contributed by atoms with van der Waals surface area (Å²) in [6.07, 6.45) is 4.04. The summed E-state index contributed by atoms with van der Waals surface area (Å²) in [6, 6.07) is 13.2. The van der Waals surface area contributed by atoms with E-state index >= 15 is 0 Å². The van der Waals surface area contributed by atoms with Crippen LogP contribution in [0.4, 0.5) is 0 Å². The number of nitrogens with one attached hydrogen (secondary N) is 1. The van der Waals surface area contributed by atoms with Crippen LogP contribution in [0.5, 0.6) is 11.5 Å². The summed E-state index contributed by atoms with van der Waals surface area (Å²) < 4.78 is 11.5. The Kier molecular flexibility index (Phi) is 8.54. The Morgan fingerprint density at radius 1 is 0.969 bits per heavy atom. The molecule has 0 aromatic heterocycles. The predicted molar refractivity (Wildman–Crippen MR) is 125 cm³/mol. The van der Waals surface area contributed by atoms with Crippen LogP contribution in [0.3, 0.4) is 0 Å². The summed E-state index contributed by atoms with van der Waals surface area (Å²) in [7, 11) is 0. The number of amides is 2. The molecule has 6 heteroatoms. The number of carbonyl (C=O) groups is 2. The molecule has 1 atom stereocenters. The summed E-state index contributed by atoms with van der Waals surface area (Å²) in [4.78, 5) is 27.2. The molecule has 32 heavy (non-hydrogen) atoms. The van der Waals surface area contributed by atoms with Gasteiger partial charge in [-0.15, -0.1) is 0 Å². The molecule has 2 aromatic carbocycles. The predicted octanol–water partition coefficient (Wildman–Crippen LogP) is 4.67. The minimum atomic E-state index is -0.172. The molecular weight excluding hydrogens is 404 g/mol. The van der Waals surface area contributed by atoms with Crippen LogP contribution in [0.25, 0.3) is 0 Å². The first kappa shape index (κ1) is 23.6. The third-order valence-corrected chi connectivity index (χ3v) is 5.76. The molecule has 0 saturated carbocycles. The topological polar surface area (TPSA) is 67.9 Å². The molecular formula is C26H34N2O4. The van der Waals surface area contributed by atoms with E-state index in [2.05, 4.69) is 17.4 Å². The molecule has 0 radical (unpaired) electrons. The van der Waals surface area contributed by atoms with Crippen LogP contribution >= 0.6 is 0 Å². The zero-order chi connectivity index (χ0) is 22.9. The first-order chi connectivity index (χ1) is 15.5. The van der Waals surface area contributed by atoms with Crippen molar-refractivity contribution in [3.05, 3.63) is 59.2 Å². The van der Waals surface area contributed by atoms with Crippen molar-refractivity contribution in [2.24, 2.45) is 0 Å². The van der Waals surface area contributed by atoms with Gasteiger partial charge in [-0.2, -0.15) is 0 Å². The Labute approximate surface area is 190 Å². The normalized spacial score (nSPS) is 14.5. The van der Waals surface area contributed by atoms with E-state index in [1.54, 1.807) is 18.2 Å². The number of carbonyl (C=O) groups excluding carboxylic acids is 2. The fourth-order valence-corrected chi connectivity index (χ4v) is 3.87. The third-order valence-electron chi connectivity index (χ3n) is 5.76. The quantitative estimate of drug-likeness (QED) is 0.618. The number of benzene rings is 2. The van der Waals surface area contributed by atoms with Crippen LogP contribution in [0.1, 0.15) is 67.1 Å². The molecule has 1 aliphatic rings. The van der Waals surface area contributed by atoms with E-state index < -0.39 is 0 Å². The molecule has 1 unspecified atom stereocenters. The van der Waals surface area contributed by atoms with Gasteiger partial charge < -0.3 is 19.7 Å². The lowest BCUT2D eigenvalue weighted by atomic mass is 10.0. The fourth-order valence-electron chi connectivity index (χ4n) is 3.87. The number of rotatable bonds is 9. The highest BCUT2D eigenvalue weighted by Crippen LogP contribution is 2.29. The van der Waals surface area contributed by atoms with Crippen molar-refractivity contribution < 1.29 is 19.1 Å². The number of hydrogen-bond donors (Lipinski definition) is 1. The highest BCUT2D eigenvalue weighted by molar-refractivity contribution is 5.95. The van der Waals surface area contributed by atoms with Crippen LogP contribution in [0, 0.1) is 6.92 Å². The average Bonchev–Trinajstić information content (AvgIpc) is 2.82. The van der Waals surface area contributed by atoms with Crippen molar-refractivity contribution in [1.29, 1.82) is 0 Å². The molecule has 0 aliphatic carbocycles. The van der Waals surface area contributed by atoms with E-state index in [0.717, 1.165) is 37.9 Å². The number of aryl methyl sites for hydroxylation is 1. The zero-order valence-corrected chi connectivity index (χ0v) is 19.4. The maximum Gasteiger partial charge on any atom is 0.260 e. The maximum absolute atomic E-state index is 12.9. The van der Waals surface area contributed by atoms with Crippen molar-refractivity contribution in [2.75, 3.05) is 26.3 Å². The van der Waals surface area contributed by atoms with Gasteiger partial charge in [0, 0.05) is 18.7 Å². The first-order valence-electron chi connectivity index (χ1n) is 11.6. The molecule has 1 saturated heterocycles. The molecule has 1 heterocycles. The Balaban J connectivity index is 1.67. The second-order valence-corrected chi connectivity index (χ2v) is 8.17. The average molecular weight is 439 g/mol. The van der Waals surface area contributed by atoms with Gasteiger partial charge in [0.15, 0.2) is 18.1 Å². The zero-order valence-electron chi connectivity index (χ0n) is 19.4. The van der Waals surface area contributed by atoms with Gasteiger partial charge in [0.05, 0.1) is 12.6 Å². The highest BCUT2D eigenvalue weighted by Gasteiger charge is 2.19. The Hall–Kier alpha value is -3.02. The van der Waals surface area contributed by atoms with E-state index in [1.807, 2.05) is 37.8 Å². The lowest BCUT2D eigenvalue weighted by Gasteiger charge is -2.26. The van der Waals surface area contributed by atoms with Crippen molar-refractivity contribution in [3.8, 4) is 11.5 Å². The molecule has 1 N–H and O–H groups in total. The molecule has 2 aromatic rings. The summed E-state index contributed by atoms with van der Waals surface area (Å²) in [5.74, 6) is 0.751. The Bertz CT molecular complexity index is 905. The second-order valence-electron chi connectivity index (χ2n) is 8.17. The summed E-state index contributed by atoms with van der Waals surface area (Å²) in [5, 5.41) is 3.10. The van der Waals surface area contributed by atoms with E-state index in [-0.39, 0.29) is 24.5 Å². The van der Waals surface area contributed by atoms with Crippen molar-refractivity contribution >= 4 is 11.8 Å². The van der Waals surface area contributed by atoms with E-state index in [0.29, 0.717) is 23.7 Å². The fraction of sp³-hybridized carbons (Fsp3) is 0.462. The maximum atomic E-state index is 12.9. The molecule has 6 nitrogen and oxygen atoms in total. The second kappa shape index (κ2) is 11.6. The number of piperidine rings is 1. The number of nitrogens with zero attached hydrogens (tertiary/aromatic N) is 1. The Morgan fingerprint density at radius 2 is 1.69 bits per heavy atom. The number of likely N-dealkylation sites (tertiary alicyclic amines) is 1. The lowest BCUT2D eigenvalue weighted by molar-refractivity contribution is -0.134. The molecule has 1 fully saturated rings. The summed E-state index contributed by atoms with van der Waals surface area (Å²) >= 11 is 0. The molecule has 0 bridgehead atoms. The van der Waals surface area contributed by atoms with Gasteiger partial charge >= 0.3 is 0 Å². The smallest absolute Gasteiger partial charge is 0.260 e. The van der Waals surface area contributed by atoms with E-state index in [4.69, 9.17) is 9.47 Å². The van der Waals surface area contributed by atoms with E-state index in [9.17, 15) is 9.59 Å². The standard InChI is InChI=1S/C26H34N2O4/c1-4-22(20-11-9-19(3)10-12-20)27-26(30)21-13-14-23(24(17-21)31-5-2)32-18-25(29)28-15-7-6-8-16-28/h9-14,17,22H,4-8,15-16,18H2,1-3H3,(H,27,30). The van der Waals surface area contributed by atoms with E-state index in [1.165, 1.54) is 12.0 Å². The molecule has 0 spiro atoms. The molecule has 172 valence electrons. The van der Waals surface area contributed by atoms with Gasteiger partial charge in [-0.3, -0.25) is 9.59 Å². The highest BCUT2D eigenvalue weighted by atomic mass is 16.5. The van der Waals surface area contributed by atoms with Crippen LogP contribution in [0.15, 0.2) is 42.5 Å². The molecule has 1 aliphatic heterocycles. The minimum Gasteiger partial charge on any atom is -0.490 e. The lowest BCUT2D eigenvalue weighted by Crippen LogP contribution is -2.38. The minimum absolute atomic E-state index is 0.0159. The summed E-state index contributed by atoms with van der Waals surface area (Å²) in [5.41, 5.74) is 2.76. The third kappa shape index (κ3) is 6.25. The van der Waals surface area contributed by atoms with Gasteiger partial charge in [-0.25, -0.2) is 0 Å². The van der Waals surface area contributed by atoms with Gasteiger partial charge in [-0.05, 0) is 63.3 Å². The van der Waals surface area contributed by atoms with Crippen molar-refractivity contribution in [2.45, 2.75) is 52.5 Å². The largest absolute Gasteiger partial charge is 0.490 e. The van der Waals surface area contributed by atoms with Crippen molar-refractivity contribution in [1.82, 2.24) is 10.2 Å². The van der Waals surface area contributed by atoms with Crippen LogP contribution in [-0.2, 0) is 4.79 Å². The monoisotopic (exact) mass is 438 g/mol. The van der Waals surface area contributed by atoms with Gasteiger partial charge in [0.2, 0.25) is 0 Å². The van der Waals surface area contributed by atoms with Gasteiger partial charge in [0.25, 0.3) is 11.8 Å². The van der Waals surface area contributed by atoms with Crippen LogP contribution in [0.2, 0.25) is 0 Å². The number of hydrogen-bond acceptors (Lipinski definition) is 4. The van der Waals surface area contributed by atoms with Crippen LogP contribution < -0.4 is 14.8 Å². The SMILES string of the molecule is CCOc1cc(C(=O)NC(CC)c2ccc(C)cc2)ccc1OCC(=O)N1CCCCC1. The summed E-state index contributed by atoms with van der Waals surface area (Å²) in [6.45, 7) is 7.95. The van der Waals surface area contributed by atoms with Crippen molar-refractivity contribution in [3.63, 3.8) is 0 Å². The number of ether oxygens (including phenoxy) is 2. The molecule has 2 amide bonds. The Morgan fingerprint density at radius 3 is 2.34 bits per heavy atom. The van der Waals surface area contributed by atoms with Crippen LogP contribution in [-0.4, -0.2) is 43.0 Å². The first-order valence-corrected chi connectivity index (χ1v) is 11.6. The van der Waals surface area contributed by atoms with Gasteiger partial charge in [-0.1, -0.05) is 36.8 Å². The van der Waals surface area contributed by atoms with Gasteiger partial charge in [0.1, 0.15) is 0 Å². The molecule has 3 rings (SSSR count).